The van der Waals surface area contributed by atoms with Crippen molar-refractivity contribution in [3.63, 3.8) is 0 Å². The molecule has 0 aliphatic carbocycles. The van der Waals surface area contributed by atoms with E-state index in [2.05, 4.69) is 16.7 Å². The molecule has 0 aromatic heterocycles. The monoisotopic (exact) mass is 401 g/mol. The van der Waals surface area contributed by atoms with Gasteiger partial charge in [0.1, 0.15) is 0 Å². The maximum absolute atomic E-state index is 11.9. The molecule has 2 rings (SSSR count). The van der Waals surface area contributed by atoms with Crippen LogP contribution in [-0.2, 0) is 10.5 Å². The number of hydrogen-bond acceptors (Lipinski definition) is 4. The van der Waals surface area contributed by atoms with Gasteiger partial charge < -0.3 is 10.6 Å². The van der Waals surface area contributed by atoms with Crippen LogP contribution >= 0.6 is 23.4 Å². The smallest absolute Gasteiger partial charge is 0.251 e. The first kappa shape index (κ1) is 20.8. The summed E-state index contributed by atoms with van der Waals surface area (Å²) >= 11 is 7.44. The minimum Gasteiger partial charge on any atom is -0.355 e. The molecule has 5 nitrogen and oxygen atoms in total. The molecular formula is C20H20ClN3O2S. The largest absolute Gasteiger partial charge is 0.355 e. The van der Waals surface area contributed by atoms with Crippen LogP contribution in [0.25, 0.3) is 0 Å². The number of benzene rings is 2. The molecule has 0 aliphatic heterocycles. The third-order valence-corrected chi connectivity index (χ3v) is 4.97. The van der Waals surface area contributed by atoms with E-state index in [1.807, 2.05) is 18.2 Å². The van der Waals surface area contributed by atoms with Gasteiger partial charge in [-0.2, -0.15) is 17.0 Å². The van der Waals surface area contributed by atoms with Gasteiger partial charge in [0.2, 0.25) is 5.91 Å². The second kappa shape index (κ2) is 11.3. The van der Waals surface area contributed by atoms with Crippen molar-refractivity contribution in [2.45, 2.75) is 12.2 Å². The van der Waals surface area contributed by atoms with Gasteiger partial charge in [-0.3, -0.25) is 9.59 Å². The third-order valence-electron chi connectivity index (χ3n) is 3.71. The quantitative estimate of drug-likeness (QED) is 0.631. The van der Waals surface area contributed by atoms with Gasteiger partial charge in [0, 0.05) is 41.6 Å². The Labute approximate surface area is 168 Å². The fourth-order valence-corrected chi connectivity index (χ4v) is 3.27. The van der Waals surface area contributed by atoms with E-state index in [-0.39, 0.29) is 24.8 Å². The Kier molecular flexibility index (Phi) is 8.69. The van der Waals surface area contributed by atoms with Crippen molar-refractivity contribution in [3.05, 3.63) is 70.2 Å². The average Bonchev–Trinajstić information content (AvgIpc) is 2.68. The maximum Gasteiger partial charge on any atom is 0.251 e. The summed E-state index contributed by atoms with van der Waals surface area (Å²) in [5.74, 6) is 1.15. The van der Waals surface area contributed by atoms with Crippen LogP contribution in [-0.4, -0.2) is 30.7 Å². The molecular weight excluding hydrogens is 382 g/mol. The minimum absolute atomic E-state index is 0.107. The SMILES string of the molecule is N#Cc1ccccc1CSCCNC(=O)CCNC(=O)c1ccc(Cl)cc1. The summed E-state index contributed by atoms with van der Waals surface area (Å²) in [5, 5.41) is 15.1. The number of rotatable bonds is 9. The number of nitrogens with one attached hydrogen (secondary N) is 2. The van der Waals surface area contributed by atoms with Crippen molar-refractivity contribution in [3.8, 4) is 6.07 Å². The lowest BCUT2D eigenvalue weighted by Gasteiger charge is -2.07. The molecule has 0 saturated carbocycles. The summed E-state index contributed by atoms with van der Waals surface area (Å²) in [6.45, 7) is 0.819. The fraction of sp³-hybridized carbons (Fsp3) is 0.250. The van der Waals surface area contributed by atoms with Crippen molar-refractivity contribution in [2.24, 2.45) is 0 Å². The summed E-state index contributed by atoms with van der Waals surface area (Å²) < 4.78 is 0. The van der Waals surface area contributed by atoms with Crippen LogP contribution in [0.4, 0.5) is 0 Å². The molecule has 7 heteroatoms. The van der Waals surface area contributed by atoms with Crippen LogP contribution in [0.3, 0.4) is 0 Å². The first-order chi connectivity index (χ1) is 13.1. The predicted octanol–water partition coefficient (Wildman–Crippen LogP) is 3.38. The van der Waals surface area contributed by atoms with Crippen LogP contribution in [0.1, 0.15) is 27.9 Å². The first-order valence-corrected chi connectivity index (χ1v) is 9.99. The van der Waals surface area contributed by atoms with E-state index < -0.39 is 0 Å². The standard InChI is InChI=1S/C20H20ClN3O2S/c21-18-7-5-15(6-8-18)20(26)24-10-9-19(25)23-11-12-27-14-17-4-2-1-3-16(17)13-22/h1-8H,9-12,14H2,(H,23,25)(H,24,26). The Morgan fingerprint density at radius 2 is 1.78 bits per heavy atom. The van der Waals surface area contributed by atoms with Gasteiger partial charge in [-0.1, -0.05) is 29.8 Å². The molecule has 0 radical (unpaired) electrons. The van der Waals surface area contributed by atoms with Crippen molar-refractivity contribution in [1.82, 2.24) is 10.6 Å². The molecule has 0 aliphatic rings. The van der Waals surface area contributed by atoms with Crippen LogP contribution in [0.2, 0.25) is 5.02 Å². The number of carbonyl (C=O) groups is 2. The zero-order valence-electron chi connectivity index (χ0n) is 14.7. The lowest BCUT2D eigenvalue weighted by Crippen LogP contribution is -2.31. The molecule has 0 fully saturated rings. The zero-order valence-corrected chi connectivity index (χ0v) is 16.3. The highest BCUT2D eigenvalue weighted by molar-refractivity contribution is 7.98. The number of nitrogens with zero attached hydrogens (tertiary/aromatic N) is 1. The lowest BCUT2D eigenvalue weighted by molar-refractivity contribution is -0.120. The second-order valence-corrected chi connectivity index (χ2v) is 7.23. The van der Waals surface area contributed by atoms with Gasteiger partial charge >= 0.3 is 0 Å². The maximum atomic E-state index is 11.9. The van der Waals surface area contributed by atoms with Gasteiger partial charge in [-0.15, -0.1) is 0 Å². The number of hydrogen-bond donors (Lipinski definition) is 2. The van der Waals surface area contributed by atoms with E-state index in [1.54, 1.807) is 42.1 Å². The molecule has 0 spiro atoms. The Bertz CT molecular complexity index is 819. The van der Waals surface area contributed by atoms with Crippen LogP contribution in [0.15, 0.2) is 48.5 Å². The summed E-state index contributed by atoms with van der Waals surface area (Å²) in [5.41, 5.74) is 2.19. The fourth-order valence-electron chi connectivity index (χ4n) is 2.28. The highest BCUT2D eigenvalue weighted by atomic mass is 35.5. The molecule has 2 N–H and O–H groups in total. The van der Waals surface area contributed by atoms with E-state index in [4.69, 9.17) is 16.9 Å². The third kappa shape index (κ3) is 7.33. The van der Waals surface area contributed by atoms with Crippen molar-refractivity contribution in [2.75, 3.05) is 18.8 Å². The molecule has 2 aromatic carbocycles. The highest BCUT2D eigenvalue weighted by Crippen LogP contribution is 2.15. The minimum atomic E-state index is -0.230. The molecule has 0 heterocycles. The second-order valence-electron chi connectivity index (χ2n) is 5.68. The Morgan fingerprint density at radius 1 is 1.04 bits per heavy atom. The Morgan fingerprint density at radius 3 is 2.52 bits per heavy atom. The van der Waals surface area contributed by atoms with Gasteiger partial charge in [-0.25, -0.2) is 0 Å². The number of carbonyl (C=O) groups excluding carboxylic acids is 2. The van der Waals surface area contributed by atoms with E-state index in [0.717, 1.165) is 17.1 Å². The Balaban J connectivity index is 1.58. The summed E-state index contributed by atoms with van der Waals surface area (Å²) in [7, 11) is 0. The Hall–Kier alpha value is -2.49. The van der Waals surface area contributed by atoms with Crippen molar-refractivity contribution in [1.29, 1.82) is 5.26 Å². The normalized spacial score (nSPS) is 10.1. The van der Waals surface area contributed by atoms with Crippen LogP contribution in [0.5, 0.6) is 0 Å². The van der Waals surface area contributed by atoms with E-state index in [0.29, 0.717) is 22.7 Å². The predicted molar refractivity (Wildman–Crippen MR) is 109 cm³/mol. The summed E-state index contributed by atoms with van der Waals surface area (Å²) in [6, 6.07) is 16.3. The molecule has 0 saturated heterocycles. The van der Waals surface area contributed by atoms with Crippen LogP contribution in [0, 0.1) is 11.3 Å². The lowest BCUT2D eigenvalue weighted by atomic mass is 10.1. The molecule has 2 aromatic rings. The first-order valence-electron chi connectivity index (χ1n) is 8.46. The zero-order chi connectivity index (χ0) is 19.5. The topological polar surface area (TPSA) is 82.0 Å². The van der Waals surface area contributed by atoms with Gasteiger partial charge in [0.15, 0.2) is 0 Å². The van der Waals surface area contributed by atoms with E-state index >= 15 is 0 Å². The molecule has 0 atom stereocenters. The molecule has 0 bridgehead atoms. The van der Waals surface area contributed by atoms with Crippen LogP contribution < -0.4 is 10.6 Å². The van der Waals surface area contributed by atoms with Gasteiger partial charge in [0.05, 0.1) is 11.6 Å². The molecule has 27 heavy (non-hydrogen) atoms. The molecule has 2 amide bonds. The number of amides is 2. The van der Waals surface area contributed by atoms with Crippen molar-refractivity contribution >= 4 is 35.2 Å². The number of nitriles is 1. The number of thioether (sulfide) groups is 1. The van der Waals surface area contributed by atoms with Crippen molar-refractivity contribution < 1.29 is 9.59 Å². The van der Waals surface area contributed by atoms with Gasteiger partial charge in [0.25, 0.3) is 5.91 Å². The van der Waals surface area contributed by atoms with Gasteiger partial charge in [-0.05, 0) is 35.9 Å². The van der Waals surface area contributed by atoms with E-state index in [1.165, 1.54) is 0 Å². The summed E-state index contributed by atoms with van der Waals surface area (Å²) in [4.78, 5) is 23.7. The van der Waals surface area contributed by atoms with E-state index in [9.17, 15) is 9.59 Å². The highest BCUT2D eigenvalue weighted by Gasteiger charge is 2.06. The average molecular weight is 402 g/mol. The summed E-state index contributed by atoms with van der Waals surface area (Å²) in [6.07, 6.45) is 0.223. The number of halogens is 1. The molecule has 0 unspecified atom stereocenters. The molecule has 140 valence electrons.